The molecule has 0 aromatic heterocycles. The molecule has 0 bridgehead atoms. The van der Waals surface area contributed by atoms with Gasteiger partial charge in [0.25, 0.3) is 0 Å². The Hall–Kier alpha value is 0.265. The predicted octanol–water partition coefficient (Wildman–Crippen LogP) is 1.86. The Kier molecular flexibility index (Phi) is 12.5. The molecule has 0 aliphatic carbocycles. The largest absolute Gasteiger partial charge is 2.00 e. The van der Waals surface area contributed by atoms with Gasteiger partial charge in [-0.1, -0.05) is 4.32 Å². The molecule has 0 aliphatic heterocycles. The van der Waals surface area contributed by atoms with Crippen LogP contribution in [0.25, 0.3) is 0 Å². The average molecular weight is 398 g/mol. The molecule has 66 valence electrons. The van der Waals surface area contributed by atoms with E-state index in [1.54, 1.807) is 4.90 Å². The Bertz CT molecular complexity index is 187. The van der Waals surface area contributed by atoms with Gasteiger partial charge < -0.3 is 29.7 Å². The second kappa shape index (κ2) is 10.3. The molecule has 0 fully saturated rings. The Balaban J connectivity index is 0. The minimum absolute atomic E-state index is 0. The van der Waals surface area contributed by atoms with Crippen molar-refractivity contribution in [1.29, 1.82) is 0 Å². The first-order valence-electron chi connectivity index (χ1n) is 3.44. The summed E-state index contributed by atoms with van der Waals surface area (Å²) < 4.78 is 0.509. The third-order valence-electron chi connectivity index (χ3n) is 0.972. The zero-order valence-electron chi connectivity index (χ0n) is 7.86. The second-order valence-corrected chi connectivity index (χ2v) is 3.27. The molecule has 0 unspecified atom stereocenters. The SMILES string of the molecule is CN(C)C(=S)[S-].[Hg+2].[c-]1ccccc1. The summed E-state index contributed by atoms with van der Waals surface area (Å²) in [6.45, 7) is 0. The molecule has 0 aliphatic rings. The van der Waals surface area contributed by atoms with Crippen LogP contribution in [0.5, 0.6) is 0 Å². The topological polar surface area (TPSA) is 3.24 Å². The Labute approximate surface area is 111 Å². The van der Waals surface area contributed by atoms with E-state index < -0.39 is 0 Å². The number of hydrogen-bond acceptors (Lipinski definition) is 2. The van der Waals surface area contributed by atoms with Crippen LogP contribution in [0.2, 0.25) is 0 Å². The van der Waals surface area contributed by atoms with Crippen molar-refractivity contribution in [3.63, 3.8) is 0 Å². The van der Waals surface area contributed by atoms with Gasteiger partial charge in [0, 0.05) is 14.1 Å². The molecule has 1 aromatic carbocycles. The fourth-order valence-electron chi connectivity index (χ4n) is 0.342. The number of benzene rings is 1. The molecule has 1 aromatic rings. The van der Waals surface area contributed by atoms with Crippen molar-refractivity contribution in [1.82, 2.24) is 4.90 Å². The molecule has 0 amide bonds. The number of rotatable bonds is 0. The quantitative estimate of drug-likeness (QED) is 0.285. The van der Waals surface area contributed by atoms with E-state index in [1.165, 1.54) is 0 Å². The van der Waals surface area contributed by atoms with Gasteiger partial charge in [-0.2, -0.15) is 36.4 Å². The second-order valence-electron chi connectivity index (χ2n) is 2.24. The fourth-order valence-corrected chi connectivity index (χ4v) is 0.342. The van der Waals surface area contributed by atoms with Crippen LogP contribution in [-0.2, 0) is 40.3 Å². The van der Waals surface area contributed by atoms with Crippen LogP contribution >= 0.6 is 12.2 Å². The normalized spacial score (nSPS) is 7.23. The molecule has 0 N–H and O–H groups in total. The van der Waals surface area contributed by atoms with Gasteiger partial charge in [0.05, 0.1) is 0 Å². The maximum Gasteiger partial charge on any atom is 2.00 e. The van der Waals surface area contributed by atoms with Crippen molar-refractivity contribution < 1.29 is 27.7 Å². The Morgan fingerprint density at radius 3 is 1.69 bits per heavy atom. The van der Waals surface area contributed by atoms with Crippen molar-refractivity contribution in [2.75, 3.05) is 14.1 Å². The first-order valence-corrected chi connectivity index (χ1v) is 4.25. The summed E-state index contributed by atoms with van der Waals surface area (Å²) in [6, 6.07) is 12.5. The van der Waals surface area contributed by atoms with Gasteiger partial charge in [0.1, 0.15) is 0 Å². The van der Waals surface area contributed by atoms with Gasteiger partial charge in [0.2, 0.25) is 0 Å². The standard InChI is InChI=1S/C6H5.C3H7NS2.Hg/c1-2-4-6-5-3-1;1-4(2)3(5)6;/h1-5H;1-2H3,(H,5,6);/q-1;;+2/p-1. The molecule has 13 heavy (non-hydrogen) atoms. The van der Waals surface area contributed by atoms with E-state index in [9.17, 15) is 0 Å². The molecule has 0 saturated heterocycles. The van der Waals surface area contributed by atoms with E-state index in [0.29, 0.717) is 4.32 Å². The van der Waals surface area contributed by atoms with Crippen molar-refractivity contribution in [2.45, 2.75) is 0 Å². The fraction of sp³-hybridized carbons (Fsp3) is 0.222. The summed E-state index contributed by atoms with van der Waals surface area (Å²) in [4.78, 5) is 1.71. The predicted molar refractivity (Wildman–Crippen MR) is 58.9 cm³/mol. The summed E-state index contributed by atoms with van der Waals surface area (Å²) in [7, 11) is 3.66. The van der Waals surface area contributed by atoms with Crippen LogP contribution in [0.15, 0.2) is 30.3 Å². The number of hydrogen-bond donors (Lipinski definition) is 0. The van der Waals surface area contributed by atoms with Gasteiger partial charge >= 0.3 is 27.7 Å². The van der Waals surface area contributed by atoms with E-state index in [-0.39, 0.29) is 27.7 Å². The first-order chi connectivity index (χ1) is 5.64. The molecule has 1 rings (SSSR count). The third-order valence-corrected chi connectivity index (χ3v) is 1.70. The molecule has 0 spiro atoms. The Morgan fingerprint density at radius 2 is 1.62 bits per heavy atom. The van der Waals surface area contributed by atoms with Gasteiger partial charge in [-0.15, -0.1) is 0 Å². The summed E-state index contributed by atoms with van der Waals surface area (Å²) in [5, 5.41) is 0. The van der Waals surface area contributed by atoms with E-state index in [0.717, 1.165) is 0 Å². The number of thiocarbonyl (C=S) groups is 1. The maximum atomic E-state index is 4.56. The molecular weight excluding hydrogens is 387 g/mol. The van der Waals surface area contributed by atoms with Gasteiger partial charge in [0.15, 0.2) is 0 Å². The molecule has 0 atom stereocenters. The van der Waals surface area contributed by atoms with Crippen LogP contribution in [-0.4, -0.2) is 23.3 Å². The van der Waals surface area contributed by atoms with Crippen molar-refractivity contribution in [3.05, 3.63) is 36.4 Å². The third kappa shape index (κ3) is 12.3. The van der Waals surface area contributed by atoms with Crippen molar-refractivity contribution in [3.8, 4) is 0 Å². The van der Waals surface area contributed by atoms with Crippen LogP contribution in [0.4, 0.5) is 0 Å². The van der Waals surface area contributed by atoms with E-state index >= 15 is 0 Å². The van der Waals surface area contributed by atoms with Crippen LogP contribution in [0.3, 0.4) is 0 Å². The molecule has 0 radical (unpaired) electrons. The van der Waals surface area contributed by atoms with Gasteiger partial charge in [-0.25, -0.2) is 0 Å². The van der Waals surface area contributed by atoms with Crippen molar-refractivity contribution in [2.24, 2.45) is 0 Å². The average Bonchev–Trinajstić information content (AvgIpc) is 2.08. The monoisotopic (exact) mass is 399 g/mol. The number of nitrogens with zero attached hydrogens (tertiary/aromatic N) is 1. The molecule has 4 heteroatoms. The smallest absolute Gasteiger partial charge is 0.411 e. The van der Waals surface area contributed by atoms with E-state index in [2.05, 4.69) is 30.9 Å². The van der Waals surface area contributed by atoms with E-state index in [4.69, 9.17) is 0 Å². The van der Waals surface area contributed by atoms with Crippen molar-refractivity contribution >= 4 is 29.2 Å². The minimum Gasteiger partial charge on any atom is -0.411 e. The molecule has 0 saturated carbocycles. The van der Waals surface area contributed by atoms with Crippen LogP contribution in [0.1, 0.15) is 0 Å². The zero-order valence-corrected chi connectivity index (χ0v) is 15.0. The zero-order chi connectivity index (χ0) is 9.40. The maximum absolute atomic E-state index is 4.56. The van der Waals surface area contributed by atoms with Gasteiger partial charge in [-0.05, 0) is 0 Å². The summed E-state index contributed by atoms with van der Waals surface area (Å²) in [5.74, 6) is 0. The molecule has 0 heterocycles. The Morgan fingerprint density at radius 1 is 1.23 bits per heavy atom. The van der Waals surface area contributed by atoms with Crippen LogP contribution < -0.4 is 0 Å². The van der Waals surface area contributed by atoms with Crippen LogP contribution in [0, 0.1) is 6.07 Å². The van der Waals surface area contributed by atoms with Gasteiger partial charge in [-0.3, -0.25) is 0 Å². The minimum atomic E-state index is 0. The molecule has 1 nitrogen and oxygen atoms in total. The molecular formula is C9H11HgNS2. The summed E-state index contributed by atoms with van der Waals surface area (Å²) >= 11 is 9.12. The summed E-state index contributed by atoms with van der Waals surface area (Å²) in [6.07, 6.45) is 0. The first kappa shape index (κ1) is 15.7. The van der Waals surface area contributed by atoms with E-state index in [1.807, 2.05) is 44.4 Å². The summed E-state index contributed by atoms with van der Waals surface area (Å²) in [5.41, 5.74) is 0.